The van der Waals surface area contributed by atoms with E-state index in [9.17, 15) is 4.79 Å². The van der Waals surface area contributed by atoms with Crippen molar-refractivity contribution in [2.24, 2.45) is 0 Å². The molecule has 2 heterocycles. The van der Waals surface area contributed by atoms with Gasteiger partial charge in [0.15, 0.2) is 0 Å². The molecule has 0 aromatic heterocycles. The van der Waals surface area contributed by atoms with Crippen LogP contribution in [0.3, 0.4) is 0 Å². The molecule has 0 aromatic carbocycles. The van der Waals surface area contributed by atoms with Crippen molar-refractivity contribution >= 4 is 41.8 Å². The van der Waals surface area contributed by atoms with Gasteiger partial charge in [-0.3, -0.25) is 4.79 Å². The van der Waals surface area contributed by atoms with E-state index in [1.807, 2.05) is 11.8 Å². The van der Waals surface area contributed by atoms with Crippen molar-refractivity contribution in [3.63, 3.8) is 0 Å². The Morgan fingerprint density at radius 3 is 3.06 bits per heavy atom. The molecule has 2 rings (SSSR count). The Hall–Kier alpha value is 0.160. The molecule has 1 atom stereocenters. The van der Waals surface area contributed by atoms with Crippen molar-refractivity contribution in [2.45, 2.75) is 11.7 Å². The van der Waals surface area contributed by atoms with E-state index in [0.29, 0.717) is 0 Å². The minimum absolute atomic E-state index is 0. The fourth-order valence-corrected chi connectivity index (χ4v) is 4.36. The largest absolute Gasteiger partial charge is 0.351 e. The molecule has 2 N–H and O–H groups in total. The lowest BCUT2D eigenvalue weighted by atomic mass is 10.1. The lowest BCUT2D eigenvalue weighted by molar-refractivity contribution is -0.120. The van der Waals surface area contributed by atoms with Crippen LogP contribution >= 0.6 is 35.9 Å². The lowest BCUT2D eigenvalue weighted by Gasteiger charge is -2.21. The molecule has 1 fully saturated rings. The lowest BCUT2D eigenvalue weighted by Crippen LogP contribution is -2.37. The van der Waals surface area contributed by atoms with Crippen molar-refractivity contribution in [3.05, 3.63) is 11.6 Å². The molecule has 3 nitrogen and oxygen atoms in total. The quantitative estimate of drug-likeness (QED) is 0.770. The molecule has 0 saturated carbocycles. The van der Waals surface area contributed by atoms with Crippen molar-refractivity contribution < 1.29 is 4.79 Å². The average molecular weight is 295 g/mol. The minimum atomic E-state index is 0. The molecular formula is C11H19ClN2OS2. The standard InChI is InChI=1S/C11H18N2OS2.ClH/c14-11(10-8-15-5-6-16-10)13-7-9-1-3-12-4-2-9;/h1,10,12H,2-8H2,(H,13,14);1H. The first kappa shape index (κ1) is 15.2. The van der Waals surface area contributed by atoms with Gasteiger partial charge < -0.3 is 10.6 Å². The second-order valence-electron chi connectivity index (χ2n) is 3.97. The van der Waals surface area contributed by atoms with Gasteiger partial charge in [-0.2, -0.15) is 11.8 Å². The highest BCUT2D eigenvalue weighted by Gasteiger charge is 2.21. The van der Waals surface area contributed by atoms with E-state index in [-0.39, 0.29) is 23.6 Å². The summed E-state index contributed by atoms with van der Waals surface area (Å²) in [5.74, 6) is 3.48. The van der Waals surface area contributed by atoms with Gasteiger partial charge in [-0.15, -0.1) is 24.2 Å². The molecule has 17 heavy (non-hydrogen) atoms. The van der Waals surface area contributed by atoms with Crippen molar-refractivity contribution in [2.75, 3.05) is 36.9 Å². The van der Waals surface area contributed by atoms with Crippen LogP contribution < -0.4 is 10.6 Å². The number of thioether (sulfide) groups is 2. The van der Waals surface area contributed by atoms with E-state index in [2.05, 4.69) is 16.7 Å². The van der Waals surface area contributed by atoms with Crippen LogP contribution in [0.25, 0.3) is 0 Å². The molecule has 2 aliphatic rings. The third-order valence-electron chi connectivity index (χ3n) is 2.76. The fraction of sp³-hybridized carbons (Fsp3) is 0.727. The maximum absolute atomic E-state index is 11.9. The van der Waals surface area contributed by atoms with Gasteiger partial charge in [-0.25, -0.2) is 0 Å². The highest BCUT2D eigenvalue weighted by molar-refractivity contribution is 8.07. The van der Waals surface area contributed by atoms with Gasteiger partial charge in [0.1, 0.15) is 0 Å². The Balaban J connectivity index is 0.00000144. The van der Waals surface area contributed by atoms with Gasteiger partial charge in [0.05, 0.1) is 5.25 Å². The Kier molecular flexibility index (Phi) is 7.43. The first-order valence-corrected chi connectivity index (χ1v) is 7.92. The number of rotatable bonds is 3. The number of hydrogen-bond donors (Lipinski definition) is 2. The molecule has 0 radical (unpaired) electrons. The Morgan fingerprint density at radius 2 is 2.41 bits per heavy atom. The highest BCUT2D eigenvalue weighted by Crippen LogP contribution is 2.23. The molecule has 0 spiro atoms. The van der Waals surface area contributed by atoms with Crippen molar-refractivity contribution in [1.82, 2.24) is 10.6 Å². The number of halogens is 1. The molecule has 0 aromatic rings. The van der Waals surface area contributed by atoms with E-state index in [4.69, 9.17) is 0 Å². The summed E-state index contributed by atoms with van der Waals surface area (Å²) < 4.78 is 0. The highest BCUT2D eigenvalue weighted by atomic mass is 35.5. The first-order valence-electron chi connectivity index (χ1n) is 5.72. The third-order valence-corrected chi connectivity index (χ3v) is 5.51. The summed E-state index contributed by atoms with van der Waals surface area (Å²) in [6.07, 6.45) is 3.25. The van der Waals surface area contributed by atoms with Crippen LogP contribution in [-0.4, -0.2) is 48.0 Å². The molecule has 1 amide bonds. The molecule has 2 aliphatic heterocycles. The molecule has 6 heteroatoms. The van der Waals surface area contributed by atoms with E-state index >= 15 is 0 Å². The molecular weight excluding hydrogens is 276 g/mol. The predicted molar refractivity (Wildman–Crippen MR) is 79.4 cm³/mol. The van der Waals surface area contributed by atoms with Crippen LogP contribution in [0.2, 0.25) is 0 Å². The van der Waals surface area contributed by atoms with Crippen LogP contribution in [0.5, 0.6) is 0 Å². The minimum Gasteiger partial charge on any atom is -0.351 e. The van der Waals surface area contributed by atoms with Crippen LogP contribution in [0.15, 0.2) is 11.6 Å². The van der Waals surface area contributed by atoms with Crippen LogP contribution in [0.1, 0.15) is 6.42 Å². The molecule has 1 saturated heterocycles. The van der Waals surface area contributed by atoms with Crippen LogP contribution in [0, 0.1) is 0 Å². The maximum atomic E-state index is 11.9. The molecule has 1 unspecified atom stereocenters. The normalized spacial score (nSPS) is 24.5. The third kappa shape index (κ3) is 5.12. The Morgan fingerprint density at radius 1 is 1.53 bits per heavy atom. The molecule has 98 valence electrons. The van der Waals surface area contributed by atoms with Crippen molar-refractivity contribution in [1.29, 1.82) is 0 Å². The zero-order valence-corrected chi connectivity index (χ0v) is 12.2. The number of carbonyl (C=O) groups excluding carboxylic acids is 1. The average Bonchev–Trinajstić information content (AvgIpc) is 2.38. The zero-order valence-electron chi connectivity index (χ0n) is 9.74. The molecule has 0 bridgehead atoms. The summed E-state index contributed by atoms with van der Waals surface area (Å²) in [5, 5.41) is 6.49. The SMILES string of the molecule is Cl.O=C(NCC1=CCNCC1)C1CSCCS1. The van der Waals surface area contributed by atoms with E-state index in [0.717, 1.165) is 37.6 Å². The van der Waals surface area contributed by atoms with Gasteiger partial charge in [0, 0.05) is 30.3 Å². The molecule has 0 aliphatic carbocycles. The van der Waals surface area contributed by atoms with Gasteiger partial charge in [0.2, 0.25) is 5.91 Å². The summed E-state index contributed by atoms with van der Waals surface area (Å²) in [6, 6.07) is 0. The summed E-state index contributed by atoms with van der Waals surface area (Å²) in [7, 11) is 0. The summed E-state index contributed by atoms with van der Waals surface area (Å²) in [6.45, 7) is 2.72. The summed E-state index contributed by atoms with van der Waals surface area (Å²) in [4.78, 5) is 11.9. The van der Waals surface area contributed by atoms with E-state index in [1.165, 1.54) is 11.3 Å². The monoisotopic (exact) mass is 294 g/mol. The van der Waals surface area contributed by atoms with Gasteiger partial charge in [-0.1, -0.05) is 11.6 Å². The smallest absolute Gasteiger partial charge is 0.234 e. The van der Waals surface area contributed by atoms with Crippen molar-refractivity contribution in [3.8, 4) is 0 Å². The number of nitrogens with one attached hydrogen (secondary N) is 2. The fourth-order valence-electron chi connectivity index (χ4n) is 1.78. The second-order valence-corrected chi connectivity index (χ2v) is 6.43. The number of amides is 1. The Bertz CT molecular complexity index is 281. The van der Waals surface area contributed by atoms with Crippen LogP contribution in [0.4, 0.5) is 0 Å². The van der Waals surface area contributed by atoms with Gasteiger partial charge in [-0.05, 0) is 13.0 Å². The predicted octanol–water partition coefficient (Wildman–Crippen LogP) is 1.29. The summed E-state index contributed by atoms with van der Waals surface area (Å²) in [5.41, 5.74) is 1.36. The first-order chi connectivity index (χ1) is 7.86. The summed E-state index contributed by atoms with van der Waals surface area (Å²) >= 11 is 3.68. The van der Waals surface area contributed by atoms with Gasteiger partial charge in [0.25, 0.3) is 0 Å². The topological polar surface area (TPSA) is 41.1 Å². The Labute approximate surface area is 117 Å². The van der Waals surface area contributed by atoms with E-state index < -0.39 is 0 Å². The zero-order chi connectivity index (χ0) is 11.2. The maximum Gasteiger partial charge on any atom is 0.234 e. The van der Waals surface area contributed by atoms with Gasteiger partial charge >= 0.3 is 0 Å². The number of carbonyl (C=O) groups is 1. The second kappa shape index (κ2) is 8.29. The van der Waals surface area contributed by atoms with E-state index in [1.54, 1.807) is 11.8 Å². The number of hydrogen-bond acceptors (Lipinski definition) is 4. The van der Waals surface area contributed by atoms with Crippen LogP contribution in [-0.2, 0) is 4.79 Å².